The first-order chi connectivity index (χ1) is 19.5. The third-order valence-corrected chi connectivity index (χ3v) is 6.79. The summed E-state index contributed by atoms with van der Waals surface area (Å²) in [5.74, 6) is 2.69. The van der Waals surface area contributed by atoms with Crippen LogP contribution in [0.3, 0.4) is 0 Å². The Morgan fingerprint density at radius 3 is 2.15 bits per heavy atom. The third kappa shape index (κ3) is 7.58. The quantitative estimate of drug-likeness (QED) is 0.127. The van der Waals surface area contributed by atoms with Crippen molar-refractivity contribution in [2.75, 3.05) is 33.4 Å². The molecule has 0 aliphatic rings. The Morgan fingerprint density at radius 1 is 0.900 bits per heavy atom. The molecule has 0 aliphatic heterocycles. The van der Waals surface area contributed by atoms with E-state index in [9.17, 15) is 4.79 Å². The number of aromatic nitrogens is 1. The summed E-state index contributed by atoms with van der Waals surface area (Å²) < 4.78 is 17.3. The van der Waals surface area contributed by atoms with Crippen LogP contribution in [0.25, 0.3) is 15.7 Å². The van der Waals surface area contributed by atoms with Crippen molar-refractivity contribution in [3.8, 4) is 23.0 Å². The standard InChI is InChI=1S/C33H35N3O4/c1-5-36(6-2)18-7-19-39-33-23-30-29(22-31(33)34-3)32(16-17-35-30)40-28-14-10-25(11-15-28)21-26(37)20-24-8-12-27(38-4)13-9-24/h8-17,22-23H,5-7,18-21H2,1-2,4H3. The summed E-state index contributed by atoms with van der Waals surface area (Å²) >= 11 is 0. The number of hydrogen-bond donors (Lipinski definition) is 0. The van der Waals surface area contributed by atoms with Gasteiger partial charge in [-0.3, -0.25) is 9.78 Å². The summed E-state index contributed by atoms with van der Waals surface area (Å²) in [5, 5.41) is 0.739. The smallest absolute Gasteiger partial charge is 0.229 e. The van der Waals surface area contributed by atoms with E-state index in [1.54, 1.807) is 25.4 Å². The molecule has 0 N–H and O–H groups in total. The van der Waals surface area contributed by atoms with Crippen LogP contribution >= 0.6 is 0 Å². The molecule has 4 rings (SSSR count). The summed E-state index contributed by atoms with van der Waals surface area (Å²) in [6, 6.07) is 20.4. The van der Waals surface area contributed by atoms with Gasteiger partial charge in [0.2, 0.25) is 5.69 Å². The molecule has 0 saturated heterocycles. The lowest BCUT2D eigenvalue weighted by molar-refractivity contribution is -0.117. The number of carbonyl (C=O) groups is 1. The molecule has 0 saturated carbocycles. The lowest BCUT2D eigenvalue weighted by Crippen LogP contribution is -2.25. The minimum Gasteiger partial charge on any atom is -0.504 e. The maximum Gasteiger partial charge on any atom is 0.229 e. The van der Waals surface area contributed by atoms with Crippen molar-refractivity contribution >= 4 is 22.4 Å². The molecular formula is C33H35N3O4. The zero-order valence-electron chi connectivity index (χ0n) is 23.4. The molecule has 0 amide bonds. The SMILES string of the molecule is [C-]#[N+]c1cc2c(Oc3ccc(CC(=O)Cc4ccc(OC)cc4)cc3)ccnc2cc1OCCCN(CC)CC. The highest BCUT2D eigenvalue weighted by Crippen LogP contribution is 2.37. The number of ketones is 1. The number of benzene rings is 3. The molecule has 0 aliphatic carbocycles. The molecule has 7 heteroatoms. The molecule has 1 heterocycles. The molecule has 1 aromatic heterocycles. The first-order valence-electron chi connectivity index (χ1n) is 13.6. The van der Waals surface area contributed by atoms with Crippen LogP contribution in [0.4, 0.5) is 5.69 Å². The molecular weight excluding hydrogens is 502 g/mol. The summed E-state index contributed by atoms with van der Waals surface area (Å²) in [6.07, 6.45) is 3.29. The van der Waals surface area contributed by atoms with Crippen molar-refractivity contribution in [1.82, 2.24) is 9.88 Å². The van der Waals surface area contributed by atoms with Gasteiger partial charge in [-0.25, -0.2) is 4.85 Å². The largest absolute Gasteiger partial charge is 0.504 e. The second-order valence-electron chi connectivity index (χ2n) is 9.47. The first-order valence-corrected chi connectivity index (χ1v) is 13.6. The van der Waals surface area contributed by atoms with Gasteiger partial charge in [-0.1, -0.05) is 38.1 Å². The van der Waals surface area contributed by atoms with Gasteiger partial charge in [0, 0.05) is 31.0 Å². The molecule has 7 nitrogen and oxygen atoms in total. The van der Waals surface area contributed by atoms with Crippen LogP contribution in [-0.2, 0) is 17.6 Å². The maximum absolute atomic E-state index is 12.6. The van der Waals surface area contributed by atoms with Gasteiger partial charge in [0.25, 0.3) is 0 Å². The summed E-state index contributed by atoms with van der Waals surface area (Å²) in [5.41, 5.74) is 3.01. The van der Waals surface area contributed by atoms with Crippen molar-refractivity contribution in [3.63, 3.8) is 0 Å². The minimum absolute atomic E-state index is 0.136. The normalized spacial score (nSPS) is 10.9. The first kappa shape index (κ1) is 28.6. The predicted octanol–water partition coefficient (Wildman–Crippen LogP) is 7.05. The van der Waals surface area contributed by atoms with E-state index in [2.05, 4.69) is 28.6 Å². The zero-order chi connectivity index (χ0) is 28.3. The van der Waals surface area contributed by atoms with E-state index in [4.69, 9.17) is 20.8 Å². The summed E-state index contributed by atoms with van der Waals surface area (Å²) in [7, 11) is 1.62. The van der Waals surface area contributed by atoms with Crippen LogP contribution in [0.5, 0.6) is 23.0 Å². The highest BCUT2D eigenvalue weighted by molar-refractivity contribution is 5.91. The third-order valence-electron chi connectivity index (χ3n) is 6.79. The molecule has 4 aromatic rings. The molecule has 0 bridgehead atoms. The Hall–Kier alpha value is -4.41. The fraction of sp³-hybridized carbons (Fsp3) is 0.303. The molecule has 0 atom stereocenters. The second-order valence-corrected chi connectivity index (χ2v) is 9.47. The number of Topliss-reactive ketones (excluding diaryl/α,β-unsaturated/α-hetero) is 1. The monoisotopic (exact) mass is 537 g/mol. The number of pyridine rings is 1. The number of rotatable bonds is 14. The minimum atomic E-state index is 0.136. The maximum atomic E-state index is 12.6. The Morgan fingerprint density at radius 2 is 1.55 bits per heavy atom. The Balaban J connectivity index is 1.40. The Kier molecular flexibility index (Phi) is 10.1. The molecule has 0 radical (unpaired) electrons. The number of carbonyl (C=O) groups excluding carboxylic acids is 1. The number of ether oxygens (including phenoxy) is 3. The number of nitrogens with zero attached hydrogens (tertiary/aromatic N) is 3. The van der Waals surface area contributed by atoms with E-state index in [1.807, 2.05) is 54.6 Å². The number of fused-ring (bicyclic) bond motifs is 1. The number of hydrogen-bond acceptors (Lipinski definition) is 6. The Labute approximate surface area is 236 Å². The van der Waals surface area contributed by atoms with Crippen LogP contribution < -0.4 is 14.2 Å². The van der Waals surface area contributed by atoms with E-state index >= 15 is 0 Å². The van der Waals surface area contributed by atoms with Crippen LogP contribution in [0.1, 0.15) is 31.4 Å². The van der Waals surface area contributed by atoms with E-state index in [0.29, 0.717) is 47.9 Å². The lowest BCUT2D eigenvalue weighted by atomic mass is 10.0. The average molecular weight is 538 g/mol. The van der Waals surface area contributed by atoms with E-state index < -0.39 is 0 Å². The topological polar surface area (TPSA) is 65.2 Å². The molecule has 40 heavy (non-hydrogen) atoms. The Bertz CT molecular complexity index is 1460. The fourth-order valence-electron chi connectivity index (χ4n) is 4.50. The van der Waals surface area contributed by atoms with Crippen LogP contribution in [0.15, 0.2) is 72.9 Å². The van der Waals surface area contributed by atoms with Gasteiger partial charge in [-0.05, 0) is 73.1 Å². The van der Waals surface area contributed by atoms with Gasteiger partial charge in [0.1, 0.15) is 28.8 Å². The summed E-state index contributed by atoms with van der Waals surface area (Å²) in [4.78, 5) is 23.1. The van der Waals surface area contributed by atoms with Gasteiger partial charge in [0.05, 0.1) is 25.8 Å². The van der Waals surface area contributed by atoms with Gasteiger partial charge in [0.15, 0.2) is 0 Å². The van der Waals surface area contributed by atoms with E-state index in [1.165, 1.54) is 0 Å². The molecule has 0 fully saturated rings. The second kappa shape index (κ2) is 14.1. The van der Waals surface area contributed by atoms with Crippen LogP contribution in [0, 0.1) is 6.57 Å². The lowest BCUT2D eigenvalue weighted by Gasteiger charge is -2.18. The van der Waals surface area contributed by atoms with Gasteiger partial charge in [-0.15, -0.1) is 0 Å². The van der Waals surface area contributed by atoms with E-state index in [-0.39, 0.29) is 5.78 Å². The van der Waals surface area contributed by atoms with Crippen LogP contribution in [-0.4, -0.2) is 49.0 Å². The molecule has 3 aromatic carbocycles. The number of methoxy groups -OCH3 is 1. The van der Waals surface area contributed by atoms with Gasteiger partial charge >= 0.3 is 0 Å². The summed E-state index contributed by atoms with van der Waals surface area (Å²) in [6.45, 7) is 15.5. The van der Waals surface area contributed by atoms with Crippen molar-refractivity contribution < 1.29 is 19.0 Å². The average Bonchev–Trinajstić information content (AvgIpc) is 2.98. The molecule has 0 unspecified atom stereocenters. The zero-order valence-corrected chi connectivity index (χ0v) is 23.4. The predicted molar refractivity (Wildman–Crippen MR) is 158 cm³/mol. The van der Waals surface area contributed by atoms with Crippen molar-refractivity contribution in [2.45, 2.75) is 33.1 Å². The van der Waals surface area contributed by atoms with Gasteiger partial charge in [-0.2, -0.15) is 0 Å². The van der Waals surface area contributed by atoms with Crippen molar-refractivity contribution in [1.29, 1.82) is 0 Å². The van der Waals surface area contributed by atoms with Crippen molar-refractivity contribution in [2.24, 2.45) is 0 Å². The van der Waals surface area contributed by atoms with E-state index in [0.717, 1.165) is 48.3 Å². The highest BCUT2D eigenvalue weighted by atomic mass is 16.5. The fourth-order valence-corrected chi connectivity index (χ4v) is 4.50. The van der Waals surface area contributed by atoms with Gasteiger partial charge < -0.3 is 19.1 Å². The highest BCUT2D eigenvalue weighted by Gasteiger charge is 2.13. The molecule has 0 spiro atoms. The van der Waals surface area contributed by atoms with Crippen LogP contribution in [0.2, 0.25) is 0 Å². The molecule has 206 valence electrons. The van der Waals surface area contributed by atoms with Crippen molar-refractivity contribution in [3.05, 3.63) is 95.5 Å².